The Kier molecular flexibility index (Phi) is 7.21. The number of anilines is 1. The van der Waals surface area contributed by atoms with Crippen LogP contribution in [0, 0.1) is 0 Å². The molecule has 32 heavy (non-hydrogen) atoms. The van der Waals surface area contributed by atoms with E-state index in [1.54, 1.807) is 43.0 Å². The maximum atomic E-state index is 12.9. The first-order chi connectivity index (χ1) is 15.2. The maximum absolute atomic E-state index is 12.9. The van der Waals surface area contributed by atoms with Crippen molar-refractivity contribution in [2.45, 2.75) is 12.6 Å². The molecule has 0 radical (unpaired) electrons. The van der Waals surface area contributed by atoms with E-state index in [1.165, 1.54) is 11.6 Å². The number of likely N-dealkylation sites (N-methyl/N-ethyl adjacent to an activating group) is 1. The molecule has 0 saturated carbocycles. The van der Waals surface area contributed by atoms with Gasteiger partial charge in [0.15, 0.2) is 11.2 Å². The summed E-state index contributed by atoms with van der Waals surface area (Å²) in [5.74, 6) is 1.70. The van der Waals surface area contributed by atoms with E-state index >= 15 is 0 Å². The molecule has 0 amide bonds. The quantitative estimate of drug-likeness (QED) is 0.442. The van der Waals surface area contributed by atoms with E-state index in [2.05, 4.69) is 10.3 Å². The summed E-state index contributed by atoms with van der Waals surface area (Å²) in [4.78, 5) is 31.7. The lowest BCUT2D eigenvalue weighted by molar-refractivity contribution is 0.0938. The predicted molar refractivity (Wildman–Crippen MR) is 122 cm³/mol. The zero-order valence-corrected chi connectivity index (χ0v) is 19.0. The van der Waals surface area contributed by atoms with Crippen LogP contribution in [0.15, 0.2) is 33.9 Å². The Morgan fingerprint density at radius 2 is 1.78 bits per heavy atom. The van der Waals surface area contributed by atoms with Crippen molar-refractivity contribution >= 4 is 17.1 Å². The number of imidazole rings is 1. The SMILES string of the molecule is COc1ccc(OC[C@H](O)Cn2c(NCCN(C)C)nc3c2c(=O)n(C)c(=O)n3C)cc1. The Labute approximate surface area is 185 Å². The van der Waals surface area contributed by atoms with Gasteiger partial charge in [-0.3, -0.25) is 13.9 Å². The first kappa shape index (κ1) is 23.4. The molecule has 0 bridgehead atoms. The molecule has 2 N–H and O–H groups in total. The van der Waals surface area contributed by atoms with Gasteiger partial charge in [-0.1, -0.05) is 0 Å². The number of aryl methyl sites for hydroxylation is 1. The third kappa shape index (κ3) is 4.94. The Balaban J connectivity index is 1.88. The molecule has 0 aliphatic rings. The third-order valence-electron chi connectivity index (χ3n) is 5.09. The lowest BCUT2D eigenvalue weighted by Crippen LogP contribution is -2.38. The topological polar surface area (TPSA) is 116 Å². The second kappa shape index (κ2) is 9.88. The molecule has 0 unspecified atom stereocenters. The smallest absolute Gasteiger partial charge is 0.332 e. The number of hydrogen-bond donors (Lipinski definition) is 2. The van der Waals surface area contributed by atoms with Crippen LogP contribution < -0.4 is 26.0 Å². The number of benzene rings is 1. The second-order valence-corrected chi connectivity index (χ2v) is 7.79. The van der Waals surface area contributed by atoms with E-state index in [9.17, 15) is 14.7 Å². The van der Waals surface area contributed by atoms with Gasteiger partial charge in [0.05, 0.1) is 13.7 Å². The van der Waals surface area contributed by atoms with Crippen molar-refractivity contribution in [3.8, 4) is 11.5 Å². The Morgan fingerprint density at radius 1 is 1.12 bits per heavy atom. The molecule has 0 aliphatic carbocycles. The van der Waals surface area contributed by atoms with Gasteiger partial charge >= 0.3 is 5.69 Å². The van der Waals surface area contributed by atoms with E-state index in [1.807, 2.05) is 19.0 Å². The average Bonchev–Trinajstić information content (AvgIpc) is 3.13. The van der Waals surface area contributed by atoms with Gasteiger partial charge in [0.1, 0.15) is 24.2 Å². The number of ether oxygens (including phenoxy) is 2. The van der Waals surface area contributed by atoms with Crippen molar-refractivity contribution in [3.05, 3.63) is 45.1 Å². The molecule has 0 aliphatic heterocycles. The van der Waals surface area contributed by atoms with Gasteiger partial charge in [0.2, 0.25) is 5.95 Å². The monoisotopic (exact) mass is 446 g/mol. The minimum absolute atomic E-state index is 0.00915. The molecular formula is C21H30N6O5. The van der Waals surface area contributed by atoms with Gasteiger partial charge in [-0.15, -0.1) is 0 Å². The van der Waals surface area contributed by atoms with Gasteiger partial charge in [-0.25, -0.2) is 4.79 Å². The molecule has 2 heterocycles. The van der Waals surface area contributed by atoms with Crippen LogP contribution in [0.4, 0.5) is 5.95 Å². The third-order valence-corrected chi connectivity index (χ3v) is 5.09. The van der Waals surface area contributed by atoms with E-state index in [-0.39, 0.29) is 24.3 Å². The molecule has 0 saturated heterocycles. The number of hydrogen-bond acceptors (Lipinski definition) is 8. The summed E-state index contributed by atoms with van der Waals surface area (Å²) in [6, 6.07) is 7.03. The number of methoxy groups -OCH3 is 1. The number of aromatic nitrogens is 4. The molecule has 0 spiro atoms. The van der Waals surface area contributed by atoms with Crippen LogP contribution in [-0.4, -0.2) is 75.7 Å². The van der Waals surface area contributed by atoms with Crippen LogP contribution in [0.2, 0.25) is 0 Å². The lowest BCUT2D eigenvalue weighted by Gasteiger charge is -2.17. The fourth-order valence-corrected chi connectivity index (χ4v) is 3.28. The molecule has 2 aromatic heterocycles. The summed E-state index contributed by atoms with van der Waals surface area (Å²) in [6.07, 6.45) is -0.925. The van der Waals surface area contributed by atoms with Crippen LogP contribution in [0.5, 0.6) is 11.5 Å². The molecule has 174 valence electrons. The summed E-state index contributed by atoms with van der Waals surface area (Å²) in [5.41, 5.74) is -0.436. The number of nitrogens with one attached hydrogen (secondary N) is 1. The highest BCUT2D eigenvalue weighted by Crippen LogP contribution is 2.19. The van der Waals surface area contributed by atoms with E-state index in [0.29, 0.717) is 24.0 Å². The number of nitrogens with zero attached hydrogens (tertiary/aromatic N) is 5. The van der Waals surface area contributed by atoms with Crippen molar-refractivity contribution in [3.63, 3.8) is 0 Å². The van der Waals surface area contributed by atoms with Gasteiger partial charge in [-0.2, -0.15) is 4.98 Å². The molecule has 3 rings (SSSR count). The van der Waals surface area contributed by atoms with Crippen LogP contribution in [-0.2, 0) is 20.6 Å². The van der Waals surface area contributed by atoms with Crippen molar-refractivity contribution in [2.75, 3.05) is 46.2 Å². The van der Waals surface area contributed by atoms with E-state index < -0.39 is 17.4 Å². The number of rotatable bonds is 10. The minimum Gasteiger partial charge on any atom is -0.497 e. The molecule has 11 nitrogen and oxygen atoms in total. The fraction of sp³-hybridized carbons (Fsp3) is 0.476. The summed E-state index contributed by atoms with van der Waals surface area (Å²) >= 11 is 0. The van der Waals surface area contributed by atoms with Gasteiger partial charge < -0.3 is 29.4 Å². The first-order valence-corrected chi connectivity index (χ1v) is 10.2. The van der Waals surface area contributed by atoms with Crippen molar-refractivity contribution in [1.82, 2.24) is 23.6 Å². The summed E-state index contributed by atoms with van der Waals surface area (Å²) in [7, 11) is 8.46. The van der Waals surface area contributed by atoms with Gasteiger partial charge in [0.25, 0.3) is 5.56 Å². The number of fused-ring (bicyclic) bond motifs is 1. The van der Waals surface area contributed by atoms with Crippen LogP contribution in [0.1, 0.15) is 0 Å². The largest absolute Gasteiger partial charge is 0.497 e. The van der Waals surface area contributed by atoms with Gasteiger partial charge in [0, 0.05) is 27.2 Å². The summed E-state index contributed by atoms with van der Waals surface area (Å²) < 4.78 is 14.8. The Hall–Kier alpha value is -3.31. The van der Waals surface area contributed by atoms with Crippen molar-refractivity contribution in [1.29, 1.82) is 0 Å². The molecule has 3 aromatic rings. The maximum Gasteiger partial charge on any atom is 0.332 e. The normalized spacial score (nSPS) is 12.3. The highest BCUT2D eigenvalue weighted by Gasteiger charge is 2.21. The zero-order valence-electron chi connectivity index (χ0n) is 19.0. The summed E-state index contributed by atoms with van der Waals surface area (Å²) in [6.45, 7) is 1.38. The highest BCUT2D eigenvalue weighted by molar-refractivity contribution is 5.74. The Morgan fingerprint density at radius 3 is 2.41 bits per heavy atom. The fourth-order valence-electron chi connectivity index (χ4n) is 3.28. The molecule has 11 heteroatoms. The Bertz CT molecular complexity index is 1180. The predicted octanol–water partition coefficient (Wildman–Crippen LogP) is -0.144. The zero-order chi connectivity index (χ0) is 23.4. The van der Waals surface area contributed by atoms with Crippen LogP contribution in [0.25, 0.3) is 11.2 Å². The average molecular weight is 447 g/mol. The highest BCUT2D eigenvalue weighted by atomic mass is 16.5. The van der Waals surface area contributed by atoms with Crippen molar-refractivity contribution < 1.29 is 14.6 Å². The van der Waals surface area contributed by atoms with Crippen molar-refractivity contribution in [2.24, 2.45) is 14.1 Å². The number of aliphatic hydroxyl groups excluding tert-OH is 1. The molecule has 0 fully saturated rings. The number of aliphatic hydroxyl groups is 1. The summed E-state index contributed by atoms with van der Waals surface area (Å²) in [5, 5.41) is 13.9. The van der Waals surface area contributed by atoms with E-state index in [0.717, 1.165) is 11.1 Å². The molecular weight excluding hydrogens is 416 g/mol. The first-order valence-electron chi connectivity index (χ1n) is 10.2. The minimum atomic E-state index is -0.925. The lowest BCUT2D eigenvalue weighted by atomic mass is 10.3. The molecule has 1 atom stereocenters. The van der Waals surface area contributed by atoms with Crippen LogP contribution in [0.3, 0.4) is 0 Å². The van der Waals surface area contributed by atoms with E-state index in [4.69, 9.17) is 9.47 Å². The molecule has 1 aromatic carbocycles. The van der Waals surface area contributed by atoms with Gasteiger partial charge in [-0.05, 0) is 38.4 Å². The van der Waals surface area contributed by atoms with Crippen LogP contribution >= 0.6 is 0 Å². The standard InChI is InChI=1S/C21H30N6O5/c1-24(2)11-10-22-20-23-18-17(19(29)26(4)21(30)25(18)3)27(20)12-14(28)13-32-16-8-6-15(31-5)7-9-16/h6-9,14,28H,10-13H2,1-5H3,(H,22,23)/t14-/m1/s1. The second-order valence-electron chi connectivity index (χ2n) is 7.79.